The number of nitrogens with one attached hydrogen (secondary N) is 2. The third-order valence-corrected chi connectivity index (χ3v) is 2.13. The number of aromatic amines is 1. The van der Waals surface area contributed by atoms with Gasteiger partial charge in [-0.25, -0.2) is 4.98 Å². The maximum absolute atomic E-state index is 11.6. The molecule has 16 heavy (non-hydrogen) atoms. The van der Waals surface area contributed by atoms with Gasteiger partial charge in [-0.3, -0.25) is 9.89 Å². The van der Waals surface area contributed by atoms with Crippen LogP contribution in [0.15, 0.2) is 0 Å². The normalized spacial score (nSPS) is 13.6. The molecule has 1 heterocycles. The Morgan fingerprint density at radius 2 is 2.19 bits per heavy atom. The van der Waals surface area contributed by atoms with Crippen LogP contribution in [0, 0.1) is 0 Å². The monoisotopic (exact) mass is 225 g/mol. The zero-order valence-corrected chi connectivity index (χ0v) is 10.2. The van der Waals surface area contributed by atoms with Crippen LogP contribution in [0.25, 0.3) is 0 Å². The van der Waals surface area contributed by atoms with E-state index in [1.807, 2.05) is 27.7 Å². The Labute approximate surface area is 95.0 Å². The molecule has 1 atom stereocenters. The minimum absolute atomic E-state index is 0.0795. The highest BCUT2D eigenvalue weighted by Crippen LogP contribution is 2.17. The summed E-state index contributed by atoms with van der Waals surface area (Å²) < 4.78 is 0. The maximum Gasteiger partial charge on any atom is 0.291 e. The molecule has 1 rings (SSSR count). The molecule has 0 saturated carbocycles. The average molecular weight is 225 g/mol. The van der Waals surface area contributed by atoms with Crippen molar-refractivity contribution in [2.45, 2.75) is 39.2 Å². The number of carbonyl (C=O) groups is 1. The van der Waals surface area contributed by atoms with Crippen molar-refractivity contribution < 1.29 is 4.79 Å². The second kappa shape index (κ2) is 4.61. The highest BCUT2D eigenvalue weighted by atomic mass is 16.2. The molecule has 6 heteroatoms. The Balaban J connectivity index is 2.75. The summed E-state index contributed by atoms with van der Waals surface area (Å²) in [5.74, 6) is 0.549. The van der Waals surface area contributed by atoms with Crippen molar-refractivity contribution in [2.24, 2.45) is 5.73 Å². The summed E-state index contributed by atoms with van der Waals surface area (Å²) in [7, 11) is 0. The Kier molecular flexibility index (Phi) is 3.64. The highest BCUT2D eigenvalue weighted by molar-refractivity contribution is 5.90. The molecular weight excluding hydrogens is 206 g/mol. The molecular formula is C10H19N5O. The number of nitrogens with zero attached hydrogens (tertiary/aromatic N) is 2. The molecule has 0 saturated heterocycles. The maximum atomic E-state index is 11.6. The van der Waals surface area contributed by atoms with E-state index in [-0.39, 0.29) is 23.2 Å². The summed E-state index contributed by atoms with van der Waals surface area (Å²) in [5, 5.41) is 9.35. The standard InChI is InChI=1S/C10H19N5O/c1-6(5-11)12-8(16)7-13-9(15-14-7)10(2,3)4/h6H,5,11H2,1-4H3,(H,12,16)(H,13,14,15). The second-order valence-corrected chi connectivity index (χ2v) is 4.87. The van der Waals surface area contributed by atoms with Crippen molar-refractivity contribution in [1.29, 1.82) is 0 Å². The molecule has 1 unspecified atom stereocenters. The van der Waals surface area contributed by atoms with Crippen molar-refractivity contribution in [3.63, 3.8) is 0 Å². The first-order valence-electron chi connectivity index (χ1n) is 5.28. The fraction of sp³-hybridized carbons (Fsp3) is 0.700. The minimum atomic E-state index is -0.301. The Morgan fingerprint density at radius 1 is 1.56 bits per heavy atom. The third-order valence-electron chi connectivity index (χ3n) is 2.13. The molecule has 0 aliphatic heterocycles. The highest BCUT2D eigenvalue weighted by Gasteiger charge is 2.21. The molecule has 0 aromatic carbocycles. The fourth-order valence-corrected chi connectivity index (χ4v) is 1.05. The van der Waals surface area contributed by atoms with Gasteiger partial charge in [0, 0.05) is 18.0 Å². The number of aromatic nitrogens is 3. The van der Waals surface area contributed by atoms with E-state index in [4.69, 9.17) is 5.73 Å². The van der Waals surface area contributed by atoms with Gasteiger partial charge in [-0.05, 0) is 6.92 Å². The Bertz CT molecular complexity index is 366. The van der Waals surface area contributed by atoms with E-state index in [9.17, 15) is 4.79 Å². The summed E-state index contributed by atoms with van der Waals surface area (Å²) >= 11 is 0. The van der Waals surface area contributed by atoms with Crippen molar-refractivity contribution in [2.75, 3.05) is 6.54 Å². The molecule has 1 amide bonds. The van der Waals surface area contributed by atoms with Crippen LogP contribution >= 0.6 is 0 Å². The number of hydrogen-bond acceptors (Lipinski definition) is 4. The van der Waals surface area contributed by atoms with Gasteiger partial charge < -0.3 is 11.1 Å². The number of hydrogen-bond donors (Lipinski definition) is 3. The van der Waals surface area contributed by atoms with Crippen molar-refractivity contribution in [3.05, 3.63) is 11.6 Å². The van der Waals surface area contributed by atoms with Gasteiger partial charge in [-0.1, -0.05) is 20.8 Å². The molecule has 1 aromatic rings. The summed E-state index contributed by atoms with van der Waals surface area (Å²) in [5.41, 5.74) is 5.26. The molecule has 6 nitrogen and oxygen atoms in total. The van der Waals surface area contributed by atoms with Crippen LogP contribution < -0.4 is 11.1 Å². The van der Waals surface area contributed by atoms with Crippen LogP contribution in [0.2, 0.25) is 0 Å². The first kappa shape index (κ1) is 12.6. The van der Waals surface area contributed by atoms with Crippen molar-refractivity contribution >= 4 is 5.91 Å². The first-order chi connectivity index (χ1) is 7.34. The first-order valence-corrected chi connectivity index (χ1v) is 5.28. The molecule has 0 radical (unpaired) electrons. The summed E-state index contributed by atoms with van der Waals surface area (Å²) in [4.78, 5) is 15.8. The van der Waals surface area contributed by atoms with Crippen LogP contribution in [0.1, 0.15) is 44.1 Å². The predicted octanol–water partition coefficient (Wildman–Crippen LogP) is 0.179. The van der Waals surface area contributed by atoms with Gasteiger partial charge in [0.2, 0.25) is 5.82 Å². The van der Waals surface area contributed by atoms with E-state index in [1.54, 1.807) is 0 Å². The smallest absolute Gasteiger partial charge is 0.291 e. The zero-order chi connectivity index (χ0) is 12.3. The SMILES string of the molecule is CC(CN)NC(=O)c1n[nH]c(C(C)(C)C)n1. The van der Waals surface area contributed by atoms with Gasteiger partial charge in [0.05, 0.1) is 0 Å². The molecule has 90 valence electrons. The largest absolute Gasteiger partial charge is 0.346 e. The van der Waals surface area contributed by atoms with Crippen LogP contribution in [0.5, 0.6) is 0 Å². The summed E-state index contributed by atoms with van der Waals surface area (Å²) in [6, 6.07) is -0.0795. The molecule has 4 N–H and O–H groups in total. The zero-order valence-electron chi connectivity index (χ0n) is 10.2. The van der Waals surface area contributed by atoms with Gasteiger partial charge >= 0.3 is 0 Å². The molecule has 0 fully saturated rings. The van der Waals surface area contributed by atoms with E-state index >= 15 is 0 Å². The van der Waals surface area contributed by atoms with Crippen LogP contribution in [-0.4, -0.2) is 33.7 Å². The number of rotatable bonds is 3. The van der Waals surface area contributed by atoms with E-state index in [0.717, 1.165) is 0 Å². The summed E-state index contributed by atoms with van der Waals surface area (Å²) in [6.07, 6.45) is 0. The van der Waals surface area contributed by atoms with Gasteiger partial charge in [0.1, 0.15) is 5.82 Å². The van der Waals surface area contributed by atoms with Gasteiger partial charge in [-0.15, -0.1) is 5.10 Å². The second-order valence-electron chi connectivity index (χ2n) is 4.87. The third kappa shape index (κ3) is 3.03. The van der Waals surface area contributed by atoms with E-state index < -0.39 is 0 Å². The van der Waals surface area contributed by atoms with E-state index in [1.165, 1.54) is 0 Å². The molecule has 0 aliphatic rings. The lowest BCUT2D eigenvalue weighted by Gasteiger charge is -2.13. The molecule has 0 spiro atoms. The number of nitrogens with two attached hydrogens (primary N) is 1. The van der Waals surface area contributed by atoms with Crippen molar-refractivity contribution in [1.82, 2.24) is 20.5 Å². The number of H-pyrrole nitrogens is 1. The van der Waals surface area contributed by atoms with Gasteiger partial charge in [-0.2, -0.15) is 0 Å². The lowest BCUT2D eigenvalue weighted by molar-refractivity contribution is 0.0931. The predicted molar refractivity (Wildman–Crippen MR) is 61.1 cm³/mol. The quantitative estimate of drug-likeness (QED) is 0.683. The van der Waals surface area contributed by atoms with E-state index in [0.29, 0.717) is 12.4 Å². The van der Waals surface area contributed by atoms with Crippen molar-refractivity contribution in [3.8, 4) is 0 Å². The number of amides is 1. The average Bonchev–Trinajstić information content (AvgIpc) is 2.65. The Hall–Kier alpha value is -1.43. The fourth-order valence-electron chi connectivity index (χ4n) is 1.05. The lowest BCUT2D eigenvalue weighted by atomic mass is 9.96. The topological polar surface area (TPSA) is 96.7 Å². The summed E-state index contributed by atoms with van der Waals surface area (Å²) in [6.45, 7) is 8.21. The van der Waals surface area contributed by atoms with Crippen LogP contribution in [0.4, 0.5) is 0 Å². The molecule has 0 aliphatic carbocycles. The molecule has 0 bridgehead atoms. The lowest BCUT2D eigenvalue weighted by Crippen LogP contribution is -2.38. The van der Waals surface area contributed by atoms with E-state index in [2.05, 4.69) is 20.5 Å². The Morgan fingerprint density at radius 3 is 2.62 bits per heavy atom. The van der Waals surface area contributed by atoms with Gasteiger partial charge in [0.25, 0.3) is 5.91 Å². The number of carbonyl (C=O) groups excluding carboxylic acids is 1. The van der Waals surface area contributed by atoms with Crippen LogP contribution in [-0.2, 0) is 5.41 Å². The molecule has 1 aromatic heterocycles. The minimum Gasteiger partial charge on any atom is -0.346 e. The van der Waals surface area contributed by atoms with Gasteiger partial charge in [0.15, 0.2) is 0 Å². The van der Waals surface area contributed by atoms with Crippen LogP contribution in [0.3, 0.4) is 0 Å².